The van der Waals surface area contributed by atoms with E-state index in [0.717, 1.165) is 36.2 Å². The van der Waals surface area contributed by atoms with Gasteiger partial charge < -0.3 is 20.6 Å². The van der Waals surface area contributed by atoms with Gasteiger partial charge in [0.05, 0.1) is 11.0 Å². The third-order valence-corrected chi connectivity index (χ3v) is 7.52. The molecule has 2 fully saturated rings. The molecule has 0 bridgehead atoms. The number of nitrogens with one attached hydrogen (secondary N) is 2. The van der Waals surface area contributed by atoms with Gasteiger partial charge in [-0.25, -0.2) is 9.97 Å². The summed E-state index contributed by atoms with van der Waals surface area (Å²) in [6.45, 7) is 11.0. The van der Waals surface area contributed by atoms with Gasteiger partial charge in [-0.3, -0.25) is 9.59 Å². The zero-order valence-corrected chi connectivity index (χ0v) is 21.5. The van der Waals surface area contributed by atoms with Crippen LogP contribution < -0.4 is 10.6 Å². The van der Waals surface area contributed by atoms with E-state index in [9.17, 15) is 14.7 Å². The number of hydrogen-bond donors (Lipinski definition) is 3. The molecule has 8 nitrogen and oxygen atoms in total. The quantitative estimate of drug-likeness (QED) is 0.591. The van der Waals surface area contributed by atoms with Crippen molar-refractivity contribution >= 4 is 29.0 Å². The van der Waals surface area contributed by atoms with E-state index in [0.29, 0.717) is 30.0 Å². The predicted octanol–water partition coefficient (Wildman–Crippen LogP) is 3.99. The second-order valence-electron chi connectivity index (χ2n) is 10.6. The van der Waals surface area contributed by atoms with Crippen LogP contribution in [0.25, 0.3) is 10.4 Å². The second-order valence-corrected chi connectivity index (χ2v) is 11.6. The summed E-state index contributed by atoms with van der Waals surface area (Å²) >= 11 is 1.23. The molecule has 2 aromatic rings. The molecule has 3 heterocycles. The SMILES string of the molecule is Cc1cc(NC(C)(C)C)ncc1-c1sc(C(=O)N[C@H]2CC[C@H](O)C2)nc1C(=O)N1CCC[C@@H]1C. The van der Waals surface area contributed by atoms with Crippen molar-refractivity contribution < 1.29 is 14.7 Å². The Morgan fingerprint density at radius 3 is 2.59 bits per heavy atom. The van der Waals surface area contributed by atoms with Crippen molar-refractivity contribution in [1.82, 2.24) is 20.2 Å². The Kier molecular flexibility index (Phi) is 6.96. The van der Waals surface area contributed by atoms with Gasteiger partial charge in [-0.15, -0.1) is 11.3 Å². The summed E-state index contributed by atoms with van der Waals surface area (Å²) in [7, 11) is 0. The van der Waals surface area contributed by atoms with Gasteiger partial charge in [-0.2, -0.15) is 0 Å². The lowest BCUT2D eigenvalue weighted by Gasteiger charge is -2.22. The van der Waals surface area contributed by atoms with Crippen LogP contribution in [-0.2, 0) is 0 Å². The minimum atomic E-state index is -0.375. The number of aliphatic hydroxyl groups excluding tert-OH is 1. The second kappa shape index (κ2) is 9.62. The van der Waals surface area contributed by atoms with Gasteiger partial charge in [-0.1, -0.05) is 0 Å². The molecule has 4 rings (SSSR count). The number of aromatic nitrogens is 2. The first-order valence-corrected chi connectivity index (χ1v) is 12.9. The van der Waals surface area contributed by atoms with Crippen molar-refractivity contribution in [3.05, 3.63) is 28.5 Å². The van der Waals surface area contributed by atoms with E-state index in [1.165, 1.54) is 11.3 Å². The van der Waals surface area contributed by atoms with Crippen LogP contribution in [0.1, 0.15) is 85.7 Å². The number of carbonyl (C=O) groups is 2. The first-order valence-electron chi connectivity index (χ1n) is 12.1. The Morgan fingerprint density at radius 1 is 1.24 bits per heavy atom. The zero-order chi connectivity index (χ0) is 24.6. The number of pyridine rings is 1. The van der Waals surface area contributed by atoms with Crippen molar-refractivity contribution in [2.75, 3.05) is 11.9 Å². The average molecular weight is 486 g/mol. The molecule has 3 N–H and O–H groups in total. The van der Waals surface area contributed by atoms with Crippen molar-refractivity contribution in [2.24, 2.45) is 0 Å². The number of hydrogen-bond acceptors (Lipinski definition) is 7. The number of amides is 2. The lowest BCUT2D eigenvalue weighted by molar-refractivity contribution is 0.0743. The number of rotatable bonds is 5. The van der Waals surface area contributed by atoms with Crippen molar-refractivity contribution in [1.29, 1.82) is 0 Å². The minimum Gasteiger partial charge on any atom is -0.393 e. The first-order chi connectivity index (χ1) is 16.0. The van der Waals surface area contributed by atoms with Gasteiger partial charge in [0, 0.05) is 35.9 Å². The molecule has 9 heteroatoms. The number of carbonyl (C=O) groups excluding carboxylic acids is 2. The van der Waals surface area contributed by atoms with Crippen LogP contribution >= 0.6 is 11.3 Å². The highest BCUT2D eigenvalue weighted by molar-refractivity contribution is 7.17. The third kappa shape index (κ3) is 5.41. The predicted molar refractivity (Wildman–Crippen MR) is 134 cm³/mol. The van der Waals surface area contributed by atoms with Crippen molar-refractivity contribution in [2.45, 2.75) is 90.4 Å². The summed E-state index contributed by atoms with van der Waals surface area (Å²) in [5.41, 5.74) is 1.96. The lowest BCUT2D eigenvalue weighted by atomic mass is 10.1. The molecule has 2 aliphatic rings. The van der Waals surface area contributed by atoms with Crippen LogP contribution in [0.3, 0.4) is 0 Å². The van der Waals surface area contributed by atoms with E-state index < -0.39 is 0 Å². The molecule has 3 atom stereocenters. The lowest BCUT2D eigenvalue weighted by Crippen LogP contribution is -2.35. The normalized spacial score (nSPS) is 22.8. The number of anilines is 1. The Hall–Kier alpha value is -2.52. The maximum Gasteiger partial charge on any atom is 0.280 e. The Labute approximate surface area is 205 Å². The van der Waals surface area contributed by atoms with E-state index in [1.807, 2.05) is 17.9 Å². The van der Waals surface area contributed by atoms with Gasteiger partial charge >= 0.3 is 0 Å². The summed E-state index contributed by atoms with van der Waals surface area (Å²) in [5, 5.41) is 16.4. The number of aryl methyl sites for hydroxylation is 1. The molecule has 1 aliphatic carbocycles. The summed E-state index contributed by atoms with van der Waals surface area (Å²) in [6, 6.07) is 2.04. The molecule has 0 spiro atoms. The summed E-state index contributed by atoms with van der Waals surface area (Å²) in [5.74, 6) is 0.329. The smallest absolute Gasteiger partial charge is 0.280 e. The van der Waals surface area contributed by atoms with Gasteiger partial charge in [0.25, 0.3) is 11.8 Å². The van der Waals surface area contributed by atoms with Crippen LogP contribution in [0.5, 0.6) is 0 Å². The van der Waals surface area contributed by atoms with Crippen LogP contribution in [0.2, 0.25) is 0 Å². The highest BCUT2D eigenvalue weighted by Gasteiger charge is 2.33. The Morgan fingerprint density at radius 2 is 2.00 bits per heavy atom. The molecule has 2 aromatic heterocycles. The molecule has 184 valence electrons. The first kappa shape index (κ1) is 24.6. The maximum atomic E-state index is 13.5. The van der Waals surface area contributed by atoms with E-state index in [-0.39, 0.29) is 40.5 Å². The standard InChI is InChI=1S/C25H35N5O3S/c1-14-11-19(29-25(3,4)5)26-13-18(14)21-20(24(33)30-10-6-7-15(30)2)28-23(34-21)22(32)27-16-8-9-17(31)12-16/h11,13,15-17,31H,6-10,12H2,1-5H3,(H,26,29)(H,27,32)/t15-,16-,17-/m0/s1. The summed E-state index contributed by atoms with van der Waals surface area (Å²) < 4.78 is 0. The van der Waals surface area contributed by atoms with Gasteiger partial charge in [0.15, 0.2) is 5.01 Å². The fourth-order valence-electron chi connectivity index (χ4n) is 4.70. The molecule has 0 radical (unpaired) electrons. The molecule has 1 saturated carbocycles. The topological polar surface area (TPSA) is 107 Å². The van der Waals surface area contributed by atoms with Gasteiger partial charge in [-0.05, 0) is 78.4 Å². The molecular formula is C25H35N5O3S. The molecule has 34 heavy (non-hydrogen) atoms. The third-order valence-electron chi connectivity index (χ3n) is 6.44. The number of thiazole rings is 1. The van der Waals surface area contributed by atoms with Crippen LogP contribution in [-0.4, -0.2) is 62.1 Å². The fraction of sp³-hybridized carbons (Fsp3) is 0.600. The highest BCUT2D eigenvalue weighted by Crippen LogP contribution is 2.35. The maximum absolute atomic E-state index is 13.5. The van der Waals surface area contributed by atoms with E-state index >= 15 is 0 Å². The molecule has 1 saturated heterocycles. The minimum absolute atomic E-state index is 0.0706. The van der Waals surface area contributed by atoms with E-state index in [1.54, 1.807) is 6.20 Å². The number of aliphatic hydroxyl groups is 1. The molecule has 0 unspecified atom stereocenters. The zero-order valence-electron chi connectivity index (χ0n) is 20.6. The average Bonchev–Trinajstić information content (AvgIpc) is 3.46. The van der Waals surface area contributed by atoms with Crippen LogP contribution in [0.15, 0.2) is 12.3 Å². The molecule has 1 aliphatic heterocycles. The number of nitrogens with zero attached hydrogens (tertiary/aromatic N) is 3. The monoisotopic (exact) mass is 485 g/mol. The van der Waals surface area contributed by atoms with Gasteiger partial charge in [0.2, 0.25) is 0 Å². The number of likely N-dealkylation sites (tertiary alicyclic amines) is 1. The van der Waals surface area contributed by atoms with Crippen LogP contribution in [0, 0.1) is 6.92 Å². The van der Waals surface area contributed by atoms with Gasteiger partial charge in [0.1, 0.15) is 11.5 Å². The van der Waals surface area contributed by atoms with E-state index in [4.69, 9.17) is 0 Å². The molecular weight excluding hydrogens is 450 g/mol. The highest BCUT2D eigenvalue weighted by atomic mass is 32.1. The molecule has 0 aromatic carbocycles. The van der Waals surface area contributed by atoms with E-state index in [2.05, 4.69) is 48.3 Å². The largest absolute Gasteiger partial charge is 0.393 e. The molecule has 2 amide bonds. The van der Waals surface area contributed by atoms with Crippen molar-refractivity contribution in [3.8, 4) is 10.4 Å². The Balaban J connectivity index is 1.68. The van der Waals surface area contributed by atoms with Crippen molar-refractivity contribution in [3.63, 3.8) is 0 Å². The van der Waals surface area contributed by atoms with Crippen LogP contribution in [0.4, 0.5) is 5.82 Å². The summed E-state index contributed by atoms with van der Waals surface area (Å²) in [6.07, 6.45) is 5.30. The summed E-state index contributed by atoms with van der Waals surface area (Å²) in [4.78, 5) is 38.2. The fourth-order valence-corrected chi connectivity index (χ4v) is 5.73. The Bertz CT molecular complexity index is 1080.